The number of hydrogen-bond donors (Lipinski definition) is 1. The van der Waals surface area contributed by atoms with Gasteiger partial charge in [-0.05, 0) is 43.2 Å². The van der Waals surface area contributed by atoms with Crippen molar-refractivity contribution in [3.05, 3.63) is 42.0 Å². The lowest BCUT2D eigenvalue weighted by Gasteiger charge is -2.04. The minimum Gasteiger partial charge on any atom is -0.478 e. The molecule has 1 N–H and O–H groups in total. The van der Waals surface area contributed by atoms with E-state index in [-0.39, 0.29) is 0 Å². The Kier molecular flexibility index (Phi) is 5.12. The molecule has 0 aliphatic carbocycles. The molecule has 0 unspecified atom stereocenters. The number of hydrogen-bond acceptors (Lipinski definition) is 2. The lowest BCUT2D eigenvalue weighted by Crippen LogP contribution is -1.99. The summed E-state index contributed by atoms with van der Waals surface area (Å²) >= 11 is 1.69. The van der Waals surface area contributed by atoms with E-state index in [1.54, 1.807) is 17.8 Å². The second-order valence-electron chi connectivity index (χ2n) is 3.56. The van der Waals surface area contributed by atoms with Crippen LogP contribution < -0.4 is 0 Å². The molecule has 0 spiro atoms. The largest absolute Gasteiger partial charge is 0.478 e. The molecule has 0 atom stereocenters. The van der Waals surface area contributed by atoms with Gasteiger partial charge in [-0.2, -0.15) is 0 Å². The maximum atomic E-state index is 10.9. The summed E-state index contributed by atoms with van der Waals surface area (Å²) in [6.07, 6.45) is 3.98. The van der Waals surface area contributed by atoms with E-state index in [1.807, 2.05) is 25.1 Å². The fraction of sp³-hybridized carbons (Fsp3) is 0.308. The van der Waals surface area contributed by atoms with Gasteiger partial charge < -0.3 is 5.11 Å². The van der Waals surface area contributed by atoms with Crippen molar-refractivity contribution < 1.29 is 9.90 Å². The van der Waals surface area contributed by atoms with Crippen molar-refractivity contribution in [2.45, 2.75) is 24.7 Å². The summed E-state index contributed by atoms with van der Waals surface area (Å²) in [4.78, 5) is 11.9. The Labute approximate surface area is 100 Å². The minimum atomic E-state index is -0.856. The van der Waals surface area contributed by atoms with Gasteiger partial charge in [0.25, 0.3) is 0 Å². The van der Waals surface area contributed by atoms with E-state index in [1.165, 1.54) is 0 Å². The molecule has 0 aromatic heterocycles. The molecule has 0 aliphatic heterocycles. The summed E-state index contributed by atoms with van der Waals surface area (Å²) in [5, 5.41) is 8.98. The fourth-order valence-corrected chi connectivity index (χ4v) is 2.25. The first-order chi connectivity index (χ1) is 7.65. The van der Waals surface area contributed by atoms with Crippen molar-refractivity contribution in [3.8, 4) is 0 Å². The van der Waals surface area contributed by atoms with Crippen molar-refractivity contribution >= 4 is 17.7 Å². The number of carboxylic acid groups (broad SMARTS) is 1. The van der Waals surface area contributed by atoms with Gasteiger partial charge in [-0.25, -0.2) is 4.79 Å². The number of aromatic carboxylic acids is 1. The third-order valence-electron chi connectivity index (χ3n) is 2.26. The van der Waals surface area contributed by atoms with Gasteiger partial charge in [-0.1, -0.05) is 12.1 Å². The molecule has 0 fully saturated rings. The van der Waals surface area contributed by atoms with E-state index in [9.17, 15) is 4.79 Å². The number of aryl methyl sites for hydroxylation is 1. The highest BCUT2D eigenvalue weighted by Gasteiger charge is 2.07. The highest BCUT2D eigenvalue weighted by Crippen LogP contribution is 2.22. The molecule has 0 bridgehead atoms. The third kappa shape index (κ3) is 3.74. The van der Waals surface area contributed by atoms with Gasteiger partial charge >= 0.3 is 5.97 Å². The van der Waals surface area contributed by atoms with Crippen LogP contribution in [0.5, 0.6) is 0 Å². The third-order valence-corrected chi connectivity index (χ3v) is 3.34. The van der Waals surface area contributed by atoms with Crippen LogP contribution in [0.1, 0.15) is 28.8 Å². The van der Waals surface area contributed by atoms with E-state index in [4.69, 9.17) is 5.11 Å². The average molecular weight is 236 g/mol. The zero-order valence-corrected chi connectivity index (χ0v) is 10.2. The molecular formula is C13H16O2S. The molecule has 0 heterocycles. The Morgan fingerprint density at radius 2 is 2.31 bits per heavy atom. The number of carbonyl (C=O) groups is 1. The van der Waals surface area contributed by atoms with Crippen LogP contribution in [0.2, 0.25) is 0 Å². The van der Waals surface area contributed by atoms with Crippen molar-refractivity contribution in [3.63, 3.8) is 0 Å². The second-order valence-corrected chi connectivity index (χ2v) is 4.73. The van der Waals surface area contributed by atoms with Gasteiger partial charge in [-0.15, -0.1) is 18.3 Å². The van der Waals surface area contributed by atoms with Gasteiger partial charge in [0.15, 0.2) is 0 Å². The Morgan fingerprint density at radius 1 is 1.56 bits per heavy atom. The smallest absolute Gasteiger partial charge is 0.335 e. The van der Waals surface area contributed by atoms with Crippen molar-refractivity contribution in [2.24, 2.45) is 0 Å². The molecule has 86 valence electrons. The molecule has 2 nitrogen and oxygen atoms in total. The first kappa shape index (κ1) is 12.8. The number of carboxylic acids is 1. The molecule has 0 saturated carbocycles. The zero-order chi connectivity index (χ0) is 12.0. The standard InChI is InChI=1S/C13H16O2S/c1-3-4-5-8-16-11-7-6-10(2)12(9-11)13(14)15/h3,6-7,9H,1,4-5,8H2,2H3,(H,14,15). The predicted octanol–water partition coefficient (Wildman–Crippen LogP) is 3.75. The molecule has 0 radical (unpaired) electrons. The summed E-state index contributed by atoms with van der Waals surface area (Å²) in [5.41, 5.74) is 1.21. The van der Waals surface area contributed by atoms with E-state index in [0.29, 0.717) is 5.56 Å². The lowest BCUT2D eigenvalue weighted by molar-refractivity contribution is 0.0696. The van der Waals surface area contributed by atoms with E-state index in [2.05, 4.69) is 6.58 Å². The number of benzene rings is 1. The van der Waals surface area contributed by atoms with Gasteiger partial charge in [0.1, 0.15) is 0 Å². The van der Waals surface area contributed by atoms with Crippen LogP contribution >= 0.6 is 11.8 Å². The zero-order valence-electron chi connectivity index (χ0n) is 9.40. The molecule has 0 saturated heterocycles. The van der Waals surface area contributed by atoms with Gasteiger partial charge in [0.2, 0.25) is 0 Å². The van der Waals surface area contributed by atoms with Crippen LogP contribution in [0.4, 0.5) is 0 Å². The number of unbranched alkanes of at least 4 members (excludes halogenated alkanes) is 1. The van der Waals surface area contributed by atoms with Gasteiger partial charge in [0, 0.05) is 4.90 Å². The Balaban J connectivity index is 2.64. The second kappa shape index (κ2) is 6.38. The maximum Gasteiger partial charge on any atom is 0.335 e. The van der Waals surface area contributed by atoms with Crippen molar-refractivity contribution in [2.75, 3.05) is 5.75 Å². The normalized spacial score (nSPS) is 10.1. The Hall–Kier alpha value is -1.22. The summed E-state index contributed by atoms with van der Waals surface area (Å²) in [6, 6.07) is 5.58. The summed E-state index contributed by atoms with van der Waals surface area (Å²) in [7, 11) is 0. The highest BCUT2D eigenvalue weighted by atomic mass is 32.2. The van der Waals surface area contributed by atoms with Crippen molar-refractivity contribution in [1.29, 1.82) is 0 Å². The minimum absolute atomic E-state index is 0.397. The molecule has 1 rings (SSSR count). The number of thioether (sulfide) groups is 1. The molecule has 16 heavy (non-hydrogen) atoms. The van der Waals surface area contributed by atoms with E-state index >= 15 is 0 Å². The lowest BCUT2D eigenvalue weighted by atomic mass is 10.1. The summed E-state index contributed by atoms with van der Waals surface area (Å²) in [6.45, 7) is 5.48. The SMILES string of the molecule is C=CCCCSc1ccc(C)c(C(=O)O)c1. The quantitative estimate of drug-likeness (QED) is 0.464. The number of allylic oxidation sites excluding steroid dienone is 1. The molecule has 1 aromatic rings. The van der Waals surface area contributed by atoms with Crippen LogP contribution in [0.3, 0.4) is 0 Å². The molecular weight excluding hydrogens is 220 g/mol. The van der Waals surface area contributed by atoms with Crippen LogP contribution in [-0.2, 0) is 0 Å². The first-order valence-electron chi connectivity index (χ1n) is 5.23. The predicted molar refractivity (Wildman–Crippen MR) is 68.3 cm³/mol. The van der Waals surface area contributed by atoms with Gasteiger partial charge in [-0.3, -0.25) is 0 Å². The molecule has 3 heteroatoms. The Bertz CT molecular complexity index is 386. The van der Waals surface area contributed by atoms with Crippen LogP contribution in [0.15, 0.2) is 35.7 Å². The molecule has 0 amide bonds. The van der Waals surface area contributed by atoms with E-state index < -0.39 is 5.97 Å². The highest BCUT2D eigenvalue weighted by molar-refractivity contribution is 7.99. The maximum absolute atomic E-state index is 10.9. The van der Waals surface area contributed by atoms with Crippen LogP contribution in [0, 0.1) is 6.92 Å². The first-order valence-corrected chi connectivity index (χ1v) is 6.21. The van der Waals surface area contributed by atoms with Crippen LogP contribution in [0.25, 0.3) is 0 Å². The van der Waals surface area contributed by atoms with Crippen LogP contribution in [-0.4, -0.2) is 16.8 Å². The summed E-state index contributed by atoms with van der Waals surface area (Å²) in [5.74, 6) is 0.139. The fourth-order valence-electron chi connectivity index (χ4n) is 1.34. The molecule has 1 aromatic carbocycles. The monoisotopic (exact) mass is 236 g/mol. The van der Waals surface area contributed by atoms with E-state index in [0.717, 1.165) is 29.1 Å². The Morgan fingerprint density at radius 3 is 2.94 bits per heavy atom. The number of rotatable bonds is 6. The topological polar surface area (TPSA) is 37.3 Å². The van der Waals surface area contributed by atoms with Gasteiger partial charge in [0.05, 0.1) is 5.56 Å². The average Bonchev–Trinajstić information content (AvgIpc) is 2.26. The molecule has 0 aliphatic rings. The van der Waals surface area contributed by atoms with Crippen molar-refractivity contribution in [1.82, 2.24) is 0 Å². The summed E-state index contributed by atoms with van der Waals surface area (Å²) < 4.78 is 0.